The van der Waals surface area contributed by atoms with Crippen LogP contribution in [0, 0.1) is 5.92 Å². The fourth-order valence-electron chi connectivity index (χ4n) is 1.75. The molecule has 0 bridgehead atoms. The predicted molar refractivity (Wildman–Crippen MR) is 86.4 cm³/mol. The average molecular weight is 292 g/mol. The van der Waals surface area contributed by atoms with E-state index in [0.29, 0.717) is 6.54 Å². The van der Waals surface area contributed by atoms with Gasteiger partial charge in [0.2, 0.25) is 5.91 Å². The summed E-state index contributed by atoms with van der Waals surface area (Å²) in [6.07, 6.45) is 2.24. The first kappa shape index (κ1) is 17.5. The van der Waals surface area contributed by atoms with Crippen molar-refractivity contribution in [2.45, 2.75) is 40.2 Å². The van der Waals surface area contributed by atoms with Crippen molar-refractivity contribution in [1.29, 1.82) is 0 Å². The van der Waals surface area contributed by atoms with Crippen LogP contribution in [0.1, 0.15) is 39.2 Å². The van der Waals surface area contributed by atoms with E-state index < -0.39 is 0 Å². The number of benzene rings is 1. The van der Waals surface area contributed by atoms with Crippen LogP contribution in [0.5, 0.6) is 5.75 Å². The van der Waals surface area contributed by atoms with Gasteiger partial charge in [0.15, 0.2) is 0 Å². The van der Waals surface area contributed by atoms with Crippen molar-refractivity contribution in [1.82, 2.24) is 10.6 Å². The summed E-state index contributed by atoms with van der Waals surface area (Å²) in [5, 5.41) is 6.20. The number of hydrogen-bond acceptors (Lipinski definition) is 3. The zero-order chi connectivity index (χ0) is 15.5. The summed E-state index contributed by atoms with van der Waals surface area (Å²) in [7, 11) is 0. The lowest BCUT2D eigenvalue weighted by Gasteiger charge is -2.09. The number of carbonyl (C=O) groups is 1. The molecule has 0 unspecified atom stereocenters. The van der Waals surface area contributed by atoms with Crippen LogP contribution in [-0.4, -0.2) is 25.6 Å². The highest BCUT2D eigenvalue weighted by Crippen LogP contribution is 2.12. The summed E-state index contributed by atoms with van der Waals surface area (Å²) in [5.74, 6) is 1.08. The number of carbonyl (C=O) groups excluding carboxylic acids is 1. The molecule has 1 aromatic carbocycles. The Balaban J connectivity index is 2.16. The highest BCUT2D eigenvalue weighted by molar-refractivity contribution is 5.77. The topological polar surface area (TPSA) is 50.4 Å². The molecule has 0 fully saturated rings. The Morgan fingerprint density at radius 1 is 1.19 bits per heavy atom. The highest BCUT2D eigenvalue weighted by atomic mass is 16.5. The maximum absolute atomic E-state index is 11.4. The Kier molecular flexibility index (Phi) is 8.51. The quantitative estimate of drug-likeness (QED) is 0.652. The van der Waals surface area contributed by atoms with Crippen molar-refractivity contribution in [3.05, 3.63) is 29.8 Å². The molecule has 0 heterocycles. The Morgan fingerprint density at radius 3 is 2.52 bits per heavy atom. The Morgan fingerprint density at radius 2 is 1.90 bits per heavy atom. The number of hydrogen-bond donors (Lipinski definition) is 2. The monoisotopic (exact) mass is 292 g/mol. The van der Waals surface area contributed by atoms with E-state index in [1.54, 1.807) is 0 Å². The number of amides is 1. The lowest BCUT2D eigenvalue weighted by molar-refractivity contribution is -0.123. The van der Waals surface area contributed by atoms with Crippen LogP contribution in [0.4, 0.5) is 0 Å². The zero-order valence-corrected chi connectivity index (χ0v) is 13.4. The van der Waals surface area contributed by atoms with Gasteiger partial charge in [0.25, 0.3) is 0 Å². The molecule has 0 aromatic heterocycles. The second kappa shape index (κ2) is 10.2. The van der Waals surface area contributed by atoms with E-state index in [1.807, 2.05) is 26.0 Å². The highest BCUT2D eigenvalue weighted by Gasteiger charge is 2.04. The molecule has 1 rings (SSSR count). The molecular formula is C17H28N2O2. The van der Waals surface area contributed by atoms with E-state index >= 15 is 0 Å². The second-order valence-electron chi connectivity index (χ2n) is 5.47. The van der Waals surface area contributed by atoms with Gasteiger partial charge in [-0.3, -0.25) is 4.79 Å². The number of nitrogens with one attached hydrogen (secondary N) is 2. The Bertz CT molecular complexity index is 402. The normalized spacial score (nSPS) is 10.7. The number of ether oxygens (including phenoxy) is 1. The van der Waals surface area contributed by atoms with E-state index in [2.05, 4.69) is 29.7 Å². The molecule has 4 nitrogen and oxygen atoms in total. The van der Waals surface area contributed by atoms with Crippen LogP contribution in [0.3, 0.4) is 0 Å². The standard InChI is InChI=1S/C17H28N2O2/c1-4-5-12-21-16-8-6-15(7-9-16)13-18-10-11-19-17(20)14(2)3/h6-9,14,18H,4-5,10-13H2,1-3H3,(H,19,20). The molecular weight excluding hydrogens is 264 g/mol. The summed E-state index contributed by atoms with van der Waals surface area (Å²) in [5.41, 5.74) is 1.22. The van der Waals surface area contributed by atoms with Crippen LogP contribution in [0.15, 0.2) is 24.3 Å². The van der Waals surface area contributed by atoms with Crippen LogP contribution in [0.25, 0.3) is 0 Å². The summed E-state index contributed by atoms with van der Waals surface area (Å²) >= 11 is 0. The van der Waals surface area contributed by atoms with Gasteiger partial charge in [-0.25, -0.2) is 0 Å². The Hall–Kier alpha value is -1.55. The first-order valence-electron chi connectivity index (χ1n) is 7.83. The van der Waals surface area contributed by atoms with Crippen LogP contribution in [0.2, 0.25) is 0 Å². The SMILES string of the molecule is CCCCOc1ccc(CNCCNC(=O)C(C)C)cc1. The van der Waals surface area contributed by atoms with Gasteiger partial charge < -0.3 is 15.4 Å². The van der Waals surface area contributed by atoms with Gasteiger partial charge in [-0.05, 0) is 24.1 Å². The van der Waals surface area contributed by atoms with E-state index in [-0.39, 0.29) is 11.8 Å². The smallest absolute Gasteiger partial charge is 0.222 e. The minimum atomic E-state index is 0.0465. The number of unbranched alkanes of at least 4 members (excludes halogenated alkanes) is 1. The van der Waals surface area contributed by atoms with Gasteiger partial charge in [0, 0.05) is 25.6 Å². The third kappa shape index (κ3) is 7.71. The third-order valence-electron chi connectivity index (χ3n) is 3.14. The lowest BCUT2D eigenvalue weighted by atomic mass is 10.2. The van der Waals surface area contributed by atoms with Crippen LogP contribution in [-0.2, 0) is 11.3 Å². The van der Waals surface area contributed by atoms with E-state index in [4.69, 9.17) is 4.74 Å². The van der Waals surface area contributed by atoms with Crippen molar-refractivity contribution >= 4 is 5.91 Å². The molecule has 0 atom stereocenters. The minimum Gasteiger partial charge on any atom is -0.494 e. The molecule has 21 heavy (non-hydrogen) atoms. The molecule has 118 valence electrons. The van der Waals surface area contributed by atoms with Gasteiger partial charge in [-0.2, -0.15) is 0 Å². The predicted octanol–water partition coefficient (Wildman–Crippen LogP) is 2.73. The second-order valence-corrected chi connectivity index (χ2v) is 5.47. The summed E-state index contributed by atoms with van der Waals surface area (Å²) < 4.78 is 5.63. The van der Waals surface area contributed by atoms with Crippen molar-refractivity contribution in [3.63, 3.8) is 0 Å². The third-order valence-corrected chi connectivity index (χ3v) is 3.14. The van der Waals surface area contributed by atoms with Gasteiger partial charge in [0.05, 0.1) is 6.61 Å². The Labute approximate surface area is 128 Å². The van der Waals surface area contributed by atoms with E-state index in [0.717, 1.165) is 38.3 Å². The molecule has 0 saturated heterocycles. The zero-order valence-electron chi connectivity index (χ0n) is 13.4. The fourth-order valence-corrected chi connectivity index (χ4v) is 1.75. The fraction of sp³-hybridized carbons (Fsp3) is 0.588. The van der Waals surface area contributed by atoms with Crippen LogP contribution < -0.4 is 15.4 Å². The molecule has 1 amide bonds. The first-order chi connectivity index (χ1) is 10.1. The van der Waals surface area contributed by atoms with Crippen molar-refractivity contribution in [2.75, 3.05) is 19.7 Å². The average Bonchev–Trinajstić information content (AvgIpc) is 2.48. The van der Waals surface area contributed by atoms with Gasteiger partial charge in [-0.15, -0.1) is 0 Å². The van der Waals surface area contributed by atoms with Crippen molar-refractivity contribution < 1.29 is 9.53 Å². The van der Waals surface area contributed by atoms with E-state index in [9.17, 15) is 4.79 Å². The van der Waals surface area contributed by atoms with Crippen LogP contribution >= 0.6 is 0 Å². The molecule has 4 heteroatoms. The van der Waals surface area contributed by atoms with Gasteiger partial charge >= 0.3 is 0 Å². The summed E-state index contributed by atoms with van der Waals surface area (Å²) in [4.78, 5) is 11.4. The van der Waals surface area contributed by atoms with E-state index in [1.165, 1.54) is 5.56 Å². The maximum Gasteiger partial charge on any atom is 0.222 e. The largest absolute Gasteiger partial charge is 0.494 e. The molecule has 0 aliphatic carbocycles. The first-order valence-corrected chi connectivity index (χ1v) is 7.83. The van der Waals surface area contributed by atoms with Gasteiger partial charge in [-0.1, -0.05) is 39.3 Å². The maximum atomic E-state index is 11.4. The molecule has 0 aliphatic heterocycles. The minimum absolute atomic E-state index is 0.0465. The summed E-state index contributed by atoms with van der Waals surface area (Å²) in [6.45, 7) is 8.96. The number of rotatable bonds is 10. The molecule has 0 radical (unpaired) electrons. The lowest BCUT2D eigenvalue weighted by Crippen LogP contribution is -2.34. The molecule has 0 aliphatic rings. The van der Waals surface area contributed by atoms with Crippen molar-refractivity contribution in [3.8, 4) is 5.75 Å². The molecule has 0 saturated carbocycles. The van der Waals surface area contributed by atoms with Gasteiger partial charge in [0.1, 0.15) is 5.75 Å². The summed E-state index contributed by atoms with van der Waals surface area (Å²) in [6, 6.07) is 8.16. The molecule has 2 N–H and O–H groups in total. The molecule has 0 spiro atoms. The van der Waals surface area contributed by atoms with Crippen molar-refractivity contribution in [2.24, 2.45) is 5.92 Å². The molecule has 1 aromatic rings.